The monoisotopic (exact) mass is 372 g/mol. The first-order chi connectivity index (χ1) is 13.4. The Morgan fingerprint density at radius 1 is 0.893 bits per heavy atom. The number of carbonyl (C=O) groups is 2. The second kappa shape index (κ2) is 6.73. The van der Waals surface area contributed by atoms with Crippen LogP contribution in [0, 0.1) is 0 Å². The second-order valence-electron chi connectivity index (χ2n) is 7.18. The van der Waals surface area contributed by atoms with Crippen LogP contribution in [0.25, 0.3) is 0 Å². The normalized spacial score (nSPS) is 18.6. The zero-order chi connectivity index (χ0) is 19.8. The van der Waals surface area contributed by atoms with Crippen molar-refractivity contribution in [1.82, 2.24) is 0 Å². The topological polar surface area (TPSA) is 63.6 Å². The summed E-state index contributed by atoms with van der Waals surface area (Å²) in [6, 6.07) is 25.5. The zero-order valence-corrected chi connectivity index (χ0v) is 15.5. The molecule has 4 rings (SSSR count). The minimum atomic E-state index is -2.21. The van der Waals surface area contributed by atoms with Crippen LogP contribution in [-0.4, -0.2) is 22.5 Å². The molecule has 0 aliphatic heterocycles. The van der Waals surface area contributed by atoms with Gasteiger partial charge in [-0.15, -0.1) is 0 Å². The summed E-state index contributed by atoms with van der Waals surface area (Å²) < 4.78 is 5.89. The van der Waals surface area contributed by atoms with E-state index in [-0.39, 0.29) is 6.42 Å². The molecule has 0 saturated carbocycles. The van der Waals surface area contributed by atoms with Crippen molar-refractivity contribution < 1.29 is 19.4 Å². The van der Waals surface area contributed by atoms with Gasteiger partial charge in [0.05, 0.1) is 0 Å². The molecule has 140 valence electrons. The molecule has 0 fully saturated rings. The number of hydrogen-bond donors (Lipinski definition) is 1. The largest absolute Gasteiger partial charge is 0.447 e. The number of hydrogen-bond acceptors (Lipinski definition) is 4. The van der Waals surface area contributed by atoms with Crippen LogP contribution in [0.15, 0.2) is 84.9 Å². The fourth-order valence-electron chi connectivity index (χ4n) is 3.71. The number of esters is 1. The highest BCUT2D eigenvalue weighted by molar-refractivity contribution is 6.18. The van der Waals surface area contributed by atoms with Gasteiger partial charge in [-0.3, -0.25) is 4.79 Å². The van der Waals surface area contributed by atoms with Crippen molar-refractivity contribution in [3.63, 3.8) is 0 Å². The van der Waals surface area contributed by atoms with E-state index in [4.69, 9.17) is 4.74 Å². The second-order valence-corrected chi connectivity index (χ2v) is 7.18. The molecular formula is C24H20O4. The summed E-state index contributed by atoms with van der Waals surface area (Å²) in [5.41, 5.74) is -0.850. The highest BCUT2D eigenvalue weighted by Crippen LogP contribution is 2.37. The van der Waals surface area contributed by atoms with Gasteiger partial charge in [-0.25, -0.2) is 4.79 Å². The molecular weight excluding hydrogens is 352 g/mol. The summed E-state index contributed by atoms with van der Waals surface area (Å²) in [4.78, 5) is 25.9. The van der Waals surface area contributed by atoms with Crippen molar-refractivity contribution >= 4 is 11.8 Å². The Labute approximate surface area is 163 Å². The number of ether oxygens (including phenoxy) is 1. The van der Waals surface area contributed by atoms with Crippen molar-refractivity contribution in [3.8, 4) is 0 Å². The fourth-order valence-corrected chi connectivity index (χ4v) is 3.71. The van der Waals surface area contributed by atoms with E-state index < -0.39 is 23.0 Å². The van der Waals surface area contributed by atoms with Gasteiger partial charge in [0.2, 0.25) is 11.4 Å². The first-order valence-corrected chi connectivity index (χ1v) is 9.15. The Morgan fingerprint density at radius 2 is 1.39 bits per heavy atom. The third kappa shape index (κ3) is 2.83. The molecule has 0 unspecified atom stereocenters. The molecule has 0 heterocycles. The fraction of sp³-hybridized carbons (Fsp3) is 0.167. The summed E-state index contributed by atoms with van der Waals surface area (Å²) in [5, 5.41) is 11.0. The van der Waals surface area contributed by atoms with Crippen LogP contribution in [0.2, 0.25) is 0 Å². The predicted octanol–water partition coefficient (Wildman–Crippen LogP) is 3.66. The summed E-state index contributed by atoms with van der Waals surface area (Å²) >= 11 is 0. The highest BCUT2D eigenvalue weighted by atomic mass is 16.6. The molecule has 4 heteroatoms. The standard InChI is InChI=1S/C24H20O4/c1-23(18-11-4-2-5-12-18,19-13-6-3-7-14-19)28-22(26)24(27)16-17-10-8-9-15-20(17)21(24)25/h2-15,27H,16H2,1H3/t24-/m0/s1. The third-order valence-electron chi connectivity index (χ3n) is 5.37. The maximum Gasteiger partial charge on any atom is 0.347 e. The first-order valence-electron chi connectivity index (χ1n) is 9.15. The quantitative estimate of drug-likeness (QED) is 0.561. The number of ketones is 1. The van der Waals surface area contributed by atoms with E-state index in [0.29, 0.717) is 11.1 Å². The van der Waals surface area contributed by atoms with Gasteiger partial charge in [-0.1, -0.05) is 84.9 Å². The molecule has 0 spiro atoms. The molecule has 28 heavy (non-hydrogen) atoms. The minimum absolute atomic E-state index is 0.0828. The molecule has 1 N–H and O–H groups in total. The van der Waals surface area contributed by atoms with Crippen molar-refractivity contribution in [3.05, 3.63) is 107 Å². The Balaban J connectivity index is 1.73. The van der Waals surface area contributed by atoms with Gasteiger partial charge in [0.15, 0.2) is 5.60 Å². The summed E-state index contributed by atoms with van der Waals surface area (Å²) in [6.07, 6.45) is -0.0828. The third-order valence-corrected chi connectivity index (χ3v) is 5.37. The van der Waals surface area contributed by atoms with Crippen LogP contribution in [-0.2, 0) is 21.6 Å². The summed E-state index contributed by atoms with van der Waals surface area (Å²) in [5.74, 6) is -1.56. The van der Waals surface area contributed by atoms with Crippen LogP contribution >= 0.6 is 0 Å². The SMILES string of the molecule is CC(OC(=O)[C@]1(O)Cc2ccccc2C1=O)(c1ccccc1)c1ccccc1. The van der Waals surface area contributed by atoms with Crippen LogP contribution in [0.1, 0.15) is 34.0 Å². The Morgan fingerprint density at radius 3 is 1.93 bits per heavy atom. The lowest BCUT2D eigenvalue weighted by Gasteiger charge is -2.33. The van der Waals surface area contributed by atoms with E-state index in [9.17, 15) is 14.7 Å². The lowest BCUT2D eigenvalue weighted by Crippen LogP contribution is -2.49. The number of aliphatic hydroxyl groups is 1. The molecule has 1 atom stereocenters. The van der Waals surface area contributed by atoms with Gasteiger partial charge in [0, 0.05) is 12.0 Å². The summed E-state index contributed by atoms with van der Waals surface area (Å²) in [7, 11) is 0. The Bertz CT molecular complexity index is 987. The van der Waals surface area contributed by atoms with Crippen molar-refractivity contribution in [1.29, 1.82) is 0 Å². The smallest absolute Gasteiger partial charge is 0.347 e. The van der Waals surface area contributed by atoms with E-state index in [1.54, 1.807) is 31.2 Å². The van der Waals surface area contributed by atoms with Gasteiger partial charge in [-0.05, 0) is 23.6 Å². The lowest BCUT2D eigenvalue weighted by atomic mass is 9.87. The molecule has 1 aliphatic rings. The van der Waals surface area contributed by atoms with E-state index in [1.807, 2.05) is 60.7 Å². The van der Waals surface area contributed by atoms with Gasteiger partial charge >= 0.3 is 5.97 Å². The molecule has 0 radical (unpaired) electrons. The zero-order valence-electron chi connectivity index (χ0n) is 15.5. The van der Waals surface area contributed by atoms with Crippen molar-refractivity contribution in [2.24, 2.45) is 0 Å². The van der Waals surface area contributed by atoms with E-state index >= 15 is 0 Å². The number of benzene rings is 3. The number of Topliss-reactive ketones (excluding diaryl/α,β-unsaturated/α-hetero) is 1. The molecule has 1 aliphatic carbocycles. The maximum absolute atomic E-state index is 13.1. The Kier molecular flexibility index (Phi) is 4.36. The van der Waals surface area contributed by atoms with Crippen molar-refractivity contribution in [2.45, 2.75) is 24.5 Å². The molecule has 0 amide bonds. The van der Waals surface area contributed by atoms with Crippen LogP contribution in [0.5, 0.6) is 0 Å². The van der Waals surface area contributed by atoms with E-state index in [1.165, 1.54) is 0 Å². The molecule has 3 aromatic rings. The van der Waals surface area contributed by atoms with Gasteiger partial charge in [0.25, 0.3) is 0 Å². The van der Waals surface area contributed by atoms with Crippen LogP contribution in [0.3, 0.4) is 0 Å². The molecule has 0 aromatic heterocycles. The van der Waals surface area contributed by atoms with Crippen LogP contribution < -0.4 is 0 Å². The average Bonchev–Trinajstić information content (AvgIpc) is 3.01. The molecule has 4 nitrogen and oxygen atoms in total. The number of rotatable bonds is 4. The van der Waals surface area contributed by atoms with Gasteiger partial charge in [0.1, 0.15) is 0 Å². The minimum Gasteiger partial charge on any atom is -0.447 e. The lowest BCUT2D eigenvalue weighted by molar-refractivity contribution is -0.171. The van der Waals surface area contributed by atoms with Crippen LogP contribution in [0.4, 0.5) is 0 Å². The molecule has 0 saturated heterocycles. The van der Waals surface area contributed by atoms with E-state index in [2.05, 4.69) is 0 Å². The number of fused-ring (bicyclic) bond motifs is 1. The van der Waals surface area contributed by atoms with E-state index in [0.717, 1.165) is 11.1 Å². The summed E-state index contributed by atoms with van der Waals surface area (Å²) in [6.45, 7) is 1.77. The Hall–Kier alpha value is -3.24. The number of carbonyl (C=O) groups excluding carboxylic acids is 2. The molecule has 3 aromatic carbocycles. The predicted molar refractivity (Wildman–Crippen MR) is 105 cm³/mol. The highest BCUT2D eigenvalue weighted by Gasteiger charge is 2.53. The average molecular weight is 372 g/mol. The van der Waals surface area contributed by atoms with Crippen molar-refractivity contribution in [2.75, 3.05) is 0 Å². The van der Waals surface area contributed by atoms with Gasteiger partial charge in [-0.2, -0.15) is 0 Å². The molecule has 0 bridgehead atoms. The maximum atomic E-state index is 13.1. The first kappa shape index (κ1) is 18.1. The van der Waals surface area contributed by atoms with Gasteiger partial charge < -0.3 is 9.84 Å².